The number of H-pyrrole nitrogens is 1. The summed E-state index contributed by atoms with van der Waals surface area (Å²) in [6.45, 7) is 1.78. The molecule has 1 saturated heterocycles. The van der Waals surface area contributed by atoms with Crippen molar-refractivity contribution in [1.82, 2.24) is 9.55 Å². The molecule has 0 spiro atoms. The third-order valence-electron chi connectivity index (χ3n) is 3.34. The van der Waals surface area contributed by atoms with E-state index in [-0.39, 0.29) is 18.8 Å². The predicted octanol–water partition coefficient (Wildman–Crippen LogP) is 1.97. The molecular weight excluding hydrogens is 408 g/mol. The number of halogens is 2. The van der Waals surface area contributed by atoms with Gasteiger partial charge in [0, 0.05) is 12.6 Å². The Morgan fingerprint density at radius 1 is 1.54 bits per heavy atom. The summed E-state index contributed by atoms with van der Waals surface area (Å²) >= 11 is 9.28. The summed E-state index contributed by atoms with van der Waals surface area (Å²) in [4.78, 5) is 38.6. The van der Waals surface area contributed by atoms with Crippen molar-refractivity contribution in [2.45, 2.75) is 31.1 Å². The van der Waals surface area contributed by atoms with E-state index in [0.29, 0.717) is 6.42 Å². The predicted molar refractivity (Wildman–Crippen MR) is 90.4 cm³/mol. The summed E-state index contributed by atoms with van der Waals surface area (Å²) in [5.74, 6) is 0. The highest BCUT2D eigenvalue weighted by molar-refractivity contribution is 9.11. The van der Waals surface area contributed by atoms with Crippen LogP contribution in [0, 0.1) is 0 Å². The zero-order chi connectivity index (χ0) is 17.7. The summed E-state index contributed by atoms with van der Waals surface area (Å²) in [5.41, 5.74) is -0.825. The second-order valence-electron chi connectivity index (χ2n) is 4.92. The van der Waals surface area contributed by atoms with E-state index >= 15 is 0 Å². The molecule has 132 valence electrons. The third-order valence-corrected chi connectivity index (χ3v) is 4.06. The third kappa shape index (κ3) is 4.49. The van der Waals surface area contributed by atoms with Gasteiger partial charge in [0.1, 0.15) is 18.9 Å². The molecular formula is C14H16BrClN2O6. The van der Waals surface area contributed by atoms with Crippen LogP contribution in [0.3, 0.4) is 0 Å². The smallest absolute Gasteiger partial charge is 0.435 e. The number of rotatable bonds is 5. The van der Waals surface area contributed by atoms with E-state index in [1.165, 1.54) is 21.8 Å². The Hall–Kier alpha value is -1.58. The molecule has 8 nitrogen and oxygen atoms in total. The summed E-state index contributed by atoms with van der Waals surface area (Å²) < 4.78 is 16.5. The molecule has 24 heavy (non-hydrogen) atoms. The standard InChI is InChI=1S/C14H16BrClN2O6/c1-2-22-14(21)23-7-10-9(16)5-11(24-10)18-6-8(3-4-15)12(19)17-13(18)20/h3-4,6,9-11H,2,5,7H2,1H3,(H,17,19,20)/t9-,10+,11+/m0/s1. The van der Waals surface area contributed by atoms with Crippen LogP contribution in [0.5, 0.6) is 0 Å². The molecule has 3 atom stereocenters. The Balaban J connectivity index is 2.11. The Labute approximate surface area is 150 Å². The molecule has 1 N–H and O–H groups in total. The monoisotopic (exact) mass is 422 g/mol. The number of nitrogens with zero attached hydrogens (tertiary/aromatic N) is 1. The fourth-order valence-electron chi connectivity index (χ4n) is 2.22. The Morgan fingerprint density at radius 3 is 2.96 bits per heavy atom. The van der Waals surface area contributed by atoms with Crippen LogP contribution >= 0.6 is 27.5 Å². The van der Waals surface area contributed by atoms with Gasteiger partial charge in [0.15, 0.2) is 0 Å². The molecule has 1 aliphatic rings. The number of aromatic nitrogens is 2. The van der Waals surface area contributed by atoms with Crippen molar-refractivity contribution in [1.29, 1.82) is 0 Å². The number of hydrogen-bond acceptors (Lipinski definition) is 6. The summed E-state index contributed by atoms with van der Waals surface area (Å²) in [7, 11) is 0. The molecule has 0 bridgehead atoms. The van der Waals surface area contributed by atoms with Crippen molar-refractivity contribution in [3.63, 3.8) is 0 Å². The number of alkyl halides is 1. The van der Waals surface area contributed by atoms with E-state index in [2.05, 4.69) is 25.7 Å². The van der Waals surface area contributed by atoms with Crippen molar-refractivity contribution in [3.8, 4) is 0 Å². The lowest BCUT2D eigenvalue weighted by atomic mass is 10.2. The molecule has 2 heterocycles. The summed E-state index contributed by atoms with van der Waals surface area (Å²) in [6.07, 6.45) is 1.15. The molecule has 2 rings (SSSR count). The van der Waals surface area contributed by atoms with E-state index in [4.69, 9.17) is 21.1 Å². The Kier molecular flexibility index (Phi) is 6.64. The summed E-state index contributed by atoms with van der Waals surface area (Å²) in [5, 5.41) is -0.460. The maximum atomic E-state index is 12.0. The van der Waals surface area contributed by atoms with Crippen molar-refractivity contribution in [3.05, 3.63) is 37.6 Å². The molecule has 1 aromatic heterocycles. The second-order valence-corrected chi connectivity index (χ2v) is 6.01. The number of nitrogens with one attached hydrogen (secondary N) is 1. The van der Waals surface area contributed by atoms with Crippen molar-refractivity contribution in [2.24, 2.45) is 0 Å². The van der Waals surface area contributed by atoms with E-state index in [1.807, 2.05) is 0 Å². The summed E-state index contributed by atoms with van der Waals surface area (Å²) in [6, 6.07) is 0. The van der Waals surface area contributed by atoms with E-state index in [0.717, 1.165) is 0 Å². The van der Waals surface area contributed by atoms with Gasteiger partial charge in [-0.1, -0.05) is 15.9 Å². The molecule has 10 heteroatoms. The number of aromatic amines is 1. The Morgan fingerprint density at radius 2 is 2.29 bits per heavy atom. The first-order valence-electron chi connectivity index (χ1n) is 7.17. The number of carbonyl (C=O) groups is 1. The molecule has 1 aliphatic heterocycles. The maximum absolute atomic E-state index is 12.0. The number of ether oxygens (including phenoxy) is 3. The number of carbonyl (C=O) groups excluding carboxylic acids is 1. The van der Waals surface area contributed by atoms with Gasteiger partial charge in [-0.3, -0.25) is 14.3 Å². The van der Waals surface area contributed by atoms with Crippen molar-refractivity contribution >= 4 is 39.8 Å². The quantitative estimate of drug-likeness (QED) is 0.574. The average Bonchev–Trinajstić information content (AvgIpc) is 2.89. The lowest BCUT2D eigenvalue weighted by Crippen LogP contribution is -2.33. The van der Waals surface area contributed by atoms with Gasteiger partial charge in [-0.2, -0.15) is 0 Å². The zero-order valence-electron chi connectivity index (χ0n) is 12.7. The highest BCUT2D eigenvalue weighted by Gasteiger charge is 2.36. The minimum Gasteiger partial charge on any atom is -0.435 e. The molecule has 1 fully saturated rings. The minimum atomic E-state index is -0.806. The van der Waals surface area contributed by atoms with Gasteiger partial charge in [-0.25, -0.2) is 9.59 Å². The normalized spacial score (nSPS) is 23.5. The second kappa shape index (κ2) is 8.50. The topological polar surface area (TPSA) is 99.6 Å². The highest BCUT2D eigenvalue weighted by Crippen LogP contribution is 2.31. The van der Waals surface area contributed by atoms with Crippen LogP contribution in [-0.4, -0.2) is 40.4 Å². The van der Waals surface area contributed by atoms with E-state index in [1.54, 1.807) is 6.92 Å². The maximum Gasteiger partial charge on any atom is 0.508 e. The van der Waals surface area contributed by atoms with Gasteiger partial charge in [0.25, 0.3) is 5.56 Å². The fourth-order valence-corrected chi connectivity index (χ4v) is 2.79. The van der Waals surface area contributed by atoms with E-state index < -0.39 is 35.1 Å². The largest absolute Gasteiger partial charge is 0.508 e. The zero-order valence-corrected chi connectivity index (χ0v) is 15.1. The fraction of sp³-hybridized carbons (Fsp3) is 0.500. The van der Waals surface area contributed by atoms with Gasteiger partial charge in [0.2, 0.25) is 0 Å². The van der Waals surface area contributed by atoms with Crippen LogP contribution < -0.4 is 11.2 Å². The van der Waals surface area contributed by atoms with Crippen LogP contribution in [0.1, 0.15) is 25.1 Å². The van der Waals surface area contributed by atoms with Crippen LogP contribution in [0.2, 0.25) is 0 Å². The van der Waals surface area contributed by atoms with Crippen molar-refractivity contribution < 1.29 is 19.0 Å². The van der Waals surface area contributed by atoms with Gasteiger partial charge >= 0.3 is 11.8 Å². The first kappa shape index (κ1) is 18.8. The highest BCUT2D eigenvalue weighted by atomic mass is 79.9. The molecule has 0 amide bonds. The lowest BCUT2D eigenvalue weighted by Gasteiger charge is -2.16. The van der Waals surface area contributed by atoms with E-state index in [9.17, 15) is 14.4 Å². The van der Waals surface area contributed by atoms with Gasteiger partial charge in [-0.15, -0.1) is 11.6 Å². The van der Waals surface area contributed by atoms with Crippen LogP contribution in [0.4, 0.5) is 4.79 Å². The average molecular weight is 424 g/mol. The van der Waals surface area contributed by atoms with Gasteiger partial charge < -0.3 is 14.2 Å². The van der Waals surface area contributed by atoms with Crippen LogP contribution in [0.15, 0.2) is 20.8 Å². The number of hydrogen-bond donors (Lipinski definition) is 1. The molecule has 1 aromatic rings. The minimum absolute atomic E-state index is 0.0875. The van der Waals surface area contributed by atoms with Crippen LogP contribution in [-0.2, 0) is 14.2 Å². The molecule has 0 aliphatic carbocycles. The lowest BCUT2D eigenvalue weighted by molar-refractivity contribution is -0.0388. The molecule has 0 unspecified atom stereocenters. The SMILES string of the molecule is CCOC(=O)OC[C@H]1O[C@@H](n2cc(C=CBr)c(=O)[nH]c2=O)C[C@@H]1Cl. The first-order valence-corrected chi connectivity index (χ1v) is 8.52. The molecule has 0 radical (unpaired) electrons. The first-order chi connectivity index (χ1) is 11.5. The van der Waals surface area contributed by atoms with Crippen molar-refractivity contribution in [2.75, 3.05) is 13.2 Å². The van der Waals surface area contributed by atoms with Gasteiger partial charge in [0.05, 0.1) is 17.5 Å². The van der Waals surface area contributed by atoms with Crippen LogP contribution in [0.25, 0.3) is 6.08 Å². The molecule has 0 saturated carbocycles. The molecule has 0 aromatic carbocycles. The Bertz CT molecular complexity index is 731. The van der Waals surface area contributed by atoms with Gasteiger partial charge in [-0.05, 0) is 18.0 Å².